The Bertz CT molecular complexity index is 614. The number of aromatic nitrogens is 4. The second-order valence-corrected chi connectivity index (χ2v) is 7.59. The summed E-state index contributed by atoms with van der Waals surface area (Å²) in [7, 11) is -0.975. The minimum absolute atomic E-state index is 0.311. The number of nitrogens with zero attached hydrogens (tertiary/aromatic N) is 4. The van der Waals surface area contributed by atoms with Crippen molar-refractivity contribution in [3.63, 3.8) is 0 Å². The molecule has 0 amide bonds. The largest absolute Gasteiger partial charge is 0.381 e. The van der Waals surface area contributed by atoms with Crippen molar-refractivity contribution < 1.29 is 8.95 Å². The van der Waals surface area contributed by atoms with E-state index in [9.17, 15) is 4.21 Å². The van der Waals surface area contributed by atoms with E-state index < -0.39 is 10.8 Å². The Morgan fingerprint density at radius 3 is 2.82 bits per heavy atom. The van der Waals surface area contributed by atoms with Crippen molar-refractivity contribution in [1.82, 2.24) is 20.2 Å². The standard InChI is InChI=1S/C14H18N4O2S2/c19-22(13-4-2-1-3-5-13)11-10-21-14-15-16-17-18(14)12-6-8-20-9-7-12/h1-5,12H,6-11H2/t22-/m1/s1. The molecule has 1 saturated heterocycles. The fourth-order valence-corrected chi connectivity index (χ4v) is 4.57. The van der Waals surface area contributed by atoms with Crippen molar-refractivity contribution in [1.29, 1.82) is 0 Å². The first-order valence-corrected chi connectivity index (χ1v) is 9.57. The number of tetrazole rings is 1. The summed E-state index contributed by atoms with van der Waals surface area (Å²) in [5.41, 5.74) is 0. The molecule has 0 radical (unpaired) electrons. The van der Waals surface area contributed by atoms with E-state index in [2.05, 4.69) is 15.5 Å². The van der Waals surface area contributed by atoms with E-state index >= 15 is 0 Å². The van der Waals surface area contributed by atoms with Gasteiger partial charge in [-0.05, 0) is 35.4 Å². The normalized spacial score (nSPS) is 17.5. The quantitative estimate of drug-likeness (QED) is 0.750. The van der Waals surface area contributed by atoms with Crippen LogP contribution < -0.4 is 0 Å². The molecule has 1 fully saturated rings. The maximum atomic E-state index is 12.2. The third-order valence-electron chi connectivity index (χ3n) is 3.51. The second kappa shape index (κ2) is 7.85. The Morgan fingerprint density at radius 2 is 2.05 bits per heavy atom. The maximum absolute atomic E-state index is 12.2. The van der Waals surface area contributed by atoms with Crippen LogP contribution in [0.15, 0.2) is 40.4 Å². The molecule has 6 nitrogen and oxygen atoms in total. The molecule has 2 heterocycles. The topological polar surface area (TPSA) is 69.9 Å². The number of hydrogen-bond acceptors (Lipinski definition) is 6. The third kappa shape index (κ3) is 3.93. The number of hydrogen-bond donors (Lipinski definition) is 0. The predicted octanol–water partition coefficient (Wildman–Crippen LogP) is 1.92. The van der Waals surface area contributed by atoms with E-state index in [0.717, 1.165) is 41.9 Å². The zero-order valence-corrected chi connectivity index (χ0v) is 13.8. The molecular formula is C14H18N4O2S2. The highest BCUT2D eigenvalue weighted by atomic mass is 32.2. The smallest absolute Gasteiger partial charge is 0.209 e. The second-order valence-electron chi connectivity index (χ2n) is 4.96. The average molecular weight is 338 g/mol. The lowest BCUT2D eigenvalue weighted by Gasteiger charge is -2.22. The summed E-state index contributed by atoms with van der Waals surface area (Å²) in [6, 6.07) is 9.85. The van der Waals surface area contributed by atoms with Gasteiger partial charge in [-0.3, -0.25) is 4.21 Å². The lowest BCUT2D eigenvalue weighted by Crippen LogP contribution is -2.21. The molecule has 0 aliphatic carbocycles. The molecular weight excluding hydrogens is 320 g/mol. The number of thioether (sulfide) groups is 1. The van der Waals surface area contributed by atoms with Gasteiger partial charge in [0.2, 0.25) is 5.16 Å². The monoisotopic (exact) mass is 338 g/mol. The van der Waals surface area contributed by atoms with Crippen molar-refractivity contribution >= 4 is 22.6 Å². The van der Waals surface area contributed by atoms with Crippen molar-refractivity contribution in [3.8, 4) is 0 Å². The van der Waals surface area contributed by atoms with Crippen LogP contribution in [0.5, 0.6) is 0 Å². The molecule has 8 heteroatoms. The molecule has 1 aliphatic heterocycles. The van der Waals surface area contributed by atoms with Crippen LogP contribution in [-0.2, 0) is 15.5 Å². The van der Waals surface area contributed by atoms with Gasteiger partial charge < -0.3 is 4.74 Å². The molecule has 2 aromatic rings. The van der Waals surface area contributed by atoms with E-state index in [4.69, 9.17) is 4.74 Å². The zero-order chi connectivity index (χ0) is 15.2. The molecule has 0 saturated carbocycles. The highest BCUT2D eigenvalue weighted by Gasteiger charge is 2.20. The van der Waals surface area contributed by atoms with Gasteiger partial charge in [0.05, 0.1) is 16.8 Å². The van der Waals surface area contributed by atoms with Crippen LogP contribution in [0.1, 0.15) is 18.9 Å². The maximum Gasteiger partial charge on any atom is 0.209 e. The Kier molecular flexibility index (Phi) is 5.58. The summed E-state index contributed by atoms with van der Waals surface area (Å²) < 4.78 is 19.4. The van der Waals surface area contributed by atoms with Crippen molar-refractivity contribution in [2.24, 2.45) is 0 Å². The van der Waals surface area contributed by atoms with Crippen molar-refractivity contribution in [3.05, 3.63) is 30.3 Å². The summed E-state index contributed by atoms with van der Waals surface area (Å²) in [6.45, 7) is 1.51. The van der Waals surface area contributed by atoms with Gasteiger partial charge in [0, 0.05) is 29.6 Å². The van der Waals surface area contributed by atoms with Crippen LogP contribution in [-0.4, -0.2) is 49.1 Å². The highest BCUT2D eigenvalue weighted by molar-refractivity contribution is 8.00. The number of ether oxygens (including phenoxy) is 1. The van der Waals surface area contributed by atoms with E-state index in [1.54, 1.807) is 11.8 Å². The summed E-state index contributed by atoms with van der Waals surface area (Å²) in [4.78, 5) is 0.868. The number of rotatable bonds is 6. The van der Waals surface area contributed by atoms with Crippen LogP contribution in [0.2, 0.25) is 0 Å². The summed E-state index contributed by atoms with van der Waals surface area (Å²) in [5.74, 6) is 1.32. The summed E-state index contributed by atoms with van der Waals surface area (Å²) in [5, 5.41) is 12.8. The van der Waals surface area contributed by atoms with Gasteiger partial charge in [-0.15, -0.1) is 5.10 Å². The van der Waals surface area contributed by atoms with Crippen LogP contribution >= 0.6 is 11.8 Å². The average Bonchev–Trinajstić information content (AvgIpc) is 3.05. The molecule has 0 unspecified atom stereocenters. The van der Waals surface area contributed by atoms with E-state index in [1.165, 1.54) is 0 Å². The van der Waals surface area contributed by atoms with Gasteiger partial charge in [-0.25, -0.2) is 4.68 Å². The van der Waals surface area contributed by atoms with E-state index in [-0.39, 0.29) is 0 Å². The third-order valence-corrected chi connectivity index (χ3v) is 6.07. The van der Waals surface area contributed by atoms with Gasteiger partial charge >= 0.3 is 0 Å². The first-order valence-electron chi connectivity index (χ1n) is 7.26. The van der Waals surface area contributed by atoms with Gasteiger partial charge in [-0.1, -0.05) is 30.0 Å². The first-order chi connectivity index (χ1) is 10.8. The lowest BCUT2D eigenvalue weighted by molar-refractivity contribution is 0.0631. The highest BCUT2D eigenvalue weighted by Crippen LogP contribution is 2.25. The van der Waals surface area contributed by atoms with Gasteiger partial charge in [-0.2, -0.15) is 0 Å². The zero-order valence-electron chi connectivity index (χ0n) is 12.1. The van der Waals surface area contributed by atoms with Crippen molar-refractivity contribution in [2.75, 3.05) is 24.7 Å². The first kappa shape index (κ1) is 15.6. The summed E-state index contributed by atoms with van der Waals surface area (Å²) >= 11 is 1.56. The van der Waals surface area contributed by atoms with E-state index in [1.807, 2.05) is 35.0 Å². The van der Waals surface area contributed by atoms with Gasteiger partial charge in [0.25, 0.3) is 0 Å². The molecule has 3 rings (SSSR count). The minimum Gasteiger partial charge on any atom is -0.381 e. The van der Waals surface area contributed by atoms with Crippen LogP contribution in [0.3, 0.4) is 0 Å². The molecule has 1 atom stereocenters. The molecule has 0 spiro atoms. The molecule has 118 valence electrons. The van der Waals surface area contributed by atoms with Gasteiger partial charge in [0.15, 0.2) is 0 Å². The predicted molar refractivity (Wildman–Crippen MR) is 85.3 cm³/mol. The molecule has 1 aromatic heterocycles. The Hall–Kier alpha value is -1.25. The van der Waals surface area contributed by atoms with Crippen molar-refractivity contribution in [2.45, 2.75) is 28.9 Å². The Balaban J connectivity index is 1.54. The minimum atomic E-state index is -0.975. The molecule has 0 bridgehead atoms. The molecule has 1 aromatic carbocycles. The SMILES string of the molecule is O=[S@](CCSc1nnnn1C1CCOCC1)c1ccccc1. The number of benzene rings is 1. The Labute approximate surface area is 136 Å². The lowest BCUT2D eigenvalue weighted by atomic mass is 10.1. The van der Waals surface area contributed by atoms with E-state index in [0.29, 0.717) is 11.8 Å². The fraction of sp³-hybridized carbons (Fsp3) is 0.500. The molecule has 1 aliphatic rings. The Morgan fingerprint density at radius 1 is 1.27 bits per heavy atom. The molecule has 22 heavy (non-hydrogen) atoms. The van der Waals surface area contributed by atoms with Crippen LogP contribution in [0.4, 0.5) is 0 Å². The molecule has 0 N–H and O–H groups in total. The van der Waals surface area contributed by atoms with Crippen LogP contribution in [0, 0.1) is 0 Å². The van der Waals surface area contributed by atoms with Gasteiger partial charge in [0.1, 0.15) is 0 Å². The van der Waals surface area contributed by atoms with Crippen LogP contribution in [0.25, 0.3) is 0 Å². The summed E-state index contributed by atoms with van der Waals surface area (Å²) in [6.07, 6.45) is 1.88. The fourth-order valence-electron chi connectivity index (χ4n) is 2.34.